The Morgan fingerprint density at radius 2 is 2.31 bits per heavy atom. The van der Waals surface area contributed by atoms with Gasteiger partial charge in [0.1, 0.15) is 5.69 Å². The minimum Gasteiger partial charge on any atom is -0.477 e. The molecule has 80 valence electrons. The summed E-state index contributed by atoms with van der Waals surface area (Å²) in [5.41, 5.74) is 3.86. The number of rotatable bonds is 1. The molecule has 0 aliphatic heterocycles. The van der Waals surface area contributed by atoms with E-state index in [1.807, 2.05) is 12.3 Å². The summed E-state index contributed by atoms with van der Waals surface area (Å²) in [4.78, 5) is 15.0. The zero-order valence-electron chi connectivity index (χ0n) is 8.40. The lowest BCUT2D eigenvalue weighted by molar-refractivity contribution is 0.0689. The zero-order chi connectivity index (χ0) is 11.1. The first kappa shape index (κ1) is 9.08. The first-order valence-corrected chi connectivity index (χ1v) is 5.01. The van der Waals surface area contributed by atoms with Crippen molar-refractivity contribution in [2.75, 3.05) is 0 Å². The number of aryl methyl sites for hydroxylation is 1. The standard InChI is InChI=1S/C11H9N3O2/c15-11(16)10-8-2-1-6-5-12-4-3-7(6)9(8)13-14-10/h3-5H,1-2H2,(H,13,14)(H,15,16). The molecule has 1 aliphatic rings. The first-order chi connectivity index (χ1) is 7.77. The second-order valence-electron chi connectivity index (χ2n) is 3.76. The number of nitrogens with one attached hydrogen (secondary N) is 1. The summed E-state index contributed by atoms with van der Waals surface area (Å²) in [5, 5.41) is 15.7. The Hall–Kier alpha value is -2.17. The van der Waals surface area contributed by atoms with Crippen LogP contribution in [0, 0.1) is 0 Å². The minimum atomic E-state index is -0.953. The maximum absolute atomic E-state index is 11.0. The highest BCUT2D eigenvalue weighted by Crippen LogP contribution is 2.32. The smallest absolute Gasteiger partial charge is 0.354 e. The van der Waals surface area contributed by atoms with Gasteiger partial charge in [0, 0.05) is 23.5 Å². The number of carbonyl (C=O) groups is 1. The van der Waals surface area contributed by atoms with Crippen molar-refractivity contribution in [1.82, 2.24) is 15.2 Å². The fourth-order valence-electron chi connectivity index (χ4n) is 2.13. The van der Waals surface area contributed by atoms with Crippen LogP contribution in [0.2, 0.25) is 0 Å². The van der Waals surface area contributed by atoms with Gasteiger partial charge in [0.25, 0.3) is 0 Å². The summed E-state index contributed by atoms with van der Waals surface area (Å²) >= 11 is 0. The van der Waals surface area contributed by atoms with Crippen LogP contribution in [0.1, 0.15) is 21.6 Å². The highest BCUT2D eigenvalue weighted by Gasteiger charge is 2.24. The van der Waals surface area contributed by atoms with Crippen LogP contribution in [0.5, 0.6) is 0 Å². The van der Waals surface area contributed by atoms with Crippen molar-refractivity contribution in [1.29, 1.82) is 0 Å². The molecule has 5 nitrogen and oxygen atoms in total. The van der Waals surface area contributed by atoms with Crippen LogP contribution in [-0.4, -0.2) is 26.3 Å². The van der Waals surface area contributed by atoms with Gasteiger partial charge in [-0.2, -0.15) is 5.10 Å². The molecule has 0 saturated heterocycles. The highest BCUT2D eigenvalue weighted by molar-refractivity contribution is 5.90. The molecule has 0 amide bonds. The summed E-state index contributed by atoms with van der Waals surface area (Å²) in [6.07, 6.45) is 5.03. The van der Waals surface area contributed by atoms with Crippen molar-refractivity contribution in [3.63, 3.8) is 0 Å². The maximum Gasteiger partial charge on any atom is 0.354 e. The molecule has 5 heteroatoms. The number of pyridine rings is 1. The predicted molar refractivity (Wildman–Crippen MR) is 56.2 cm³/mol. The Bertz CT molecular complexity index is 574. The molecule has 0 bridgehead atoms. The van der Waals surface area contributed by atoms with Crippen LogP contribution in [-0.2, 0) is 12.8 Å². The third-order valence-corrected chi connectivity index (χ3v) is 2.88. The molecule has 0 aromatic carbocycles. The lowest BCUT2D eigenvalue weighted by Gasteiger charge is -2.14. The molecule has 16 heavy (non-hydrogen) atoms. The van der Waals surface area contributed by atoms with Gasteiger partial charge in [0.15, 0.2) is 0 Å². The molecule has 0 fully saturated rings. The van der Waals surface area contributed by atoms with Gasteiger partial charge in [-0.25, -0.2) is 4.79 Å². The number of aromatic nitrogens is 3. The van der Waals surface area contributed by atoms with E-state index in [1.165, 1.54) is 0 Å². The number of carboxylic acid groups (broad SMARTS) is 1. The number of hydrogen-bond donors (Lipinski definition) is 2. The van der Waals surface area contributed by atoms with Crippen molar-refractivity contribution >= 4 is 5.97 Å². The molecule has 1 aliphatic carbocycles. The number of hydrogen-bond acceptors (Lipinski definition) is 3. The molecule has 0 saturated carbocycles. The average molecular weight is 215 g/mol. The van der Waals surface area contributed by atoms with Crippen molar-refractivity contribution in [2.45, 2.75) is 12.8 Å². The summed E-state index contributed by atoms with van der Waals surface area (Å²) in [5.74, 6) is -0.953. The van der Waals surface area contributed by atoms with Gasteiger partial charge in [0.2, 0.25) is 0 Å². The first-order valence-electron chi connectivity index (χ1n) is 5.01. The fourth-order valence-corrected chi connectivity index (χ4v) is 2.13. The van der Waals surface area contributed by atoms with Gasteiger partial charge < -0.3 is 5.11 Å². The summed E-state index contributed by atoms with van der Waals surface area (Å²) in [6, 6.07) is 1.87. The Labute approximate surface area is 91.2 Å². The van der Waals surface area contributed by atoms with E-state index < -0.39 is 5.97 Å². The minimum absolute atomic E-state index is 0.206. The Morgan fingerprint density at radius 1 is 1.44 bits per heavy atom. The van der Waals surface area contributed by atoms with Crippen molar-refractivity contribution in [3.8, 4) is 11.3 Å². The molecular weight excluding hydrogens is 206 g/mol. The molecule has 2 aromatic rings. The van der Waals surface area contributed by atoms with Gasteiger partial charge in [-0.1, -0.05) is 0 Å². The highest BCUT2D eigenvalue weighted by atomic mass is 16.4. The van der Waals surface area contributed by atoms with Gasteiger partial charge in [-0.15, -0.1) is 0 Å². The number of H-pyrrole nitrogens is 1. The van der Waals surface area contributed by atoms with Crippen LogP contribution in [0.15, 0.2) is 18.5 Å². The number of fused-ring (bicyclic) bond motifs is 3. The monoisotopic (exact) mass is 215 g/mol. The normalized spacial score (nSPS) is 13.0. The third-order valence-electron chi connectivity index (χ3n) is 2.88. The predicted octanol–water partition coefficient (Wildman–Crippen LogP) is 1.27. The topological polar surface area (TPSA) is 78.9 Å². The molecular formula is C11H9N3O2. The van der Waals surface area contributed by atoms with Crippen molar-refractivity contribution < 1.29 is 9.90 Å². The Morgan fingerprint density at radius 3 is 3.12 bits per heavy atom. The summed E-state index contributed by atoms with van der Waals surface area (Å²) in [7, 11) is 0. The second kappa shape index (κ2) is 3.16. The average Bonchev–Trinajstić information content (AvgIpc) is 2.73. The van der Waals surface area contributed by atoms with Crippen molar-refractivity contribution in [2.24, 2.45) is 0 Å². The van der Waals surface area contributed by atoms with Gasteiger partial charge in [0.05, 0.1) is 5.69 Å². The molecule has 2 aromatic heterocycles. The fraction of sp³-hybridized carbons (Fsp3) is 0.182. The van der Waals surface area contributed by atoms with Gasteiger partial charge >= 0.3 is 5.97 Å². The lowest BCUT2D eigenvalue weighted by atomic mass is 9.90. The Balaban J connectivity index is 2.23. The summed E-state index contributed by atoms with van der Waals surface area (Å²) < 4.78 is 0. The number of aromatic amines is 1. The van der Waals surface area contributed by atoms with E-state index >= 15 is 0 Å². The van der Waals surface area contributed by atoms with E-state index in [9.17, 15) is 4.79 Å². The van der Waals surface area contributed by atoms with Crippen LogP contribution in [0.3, 0.4) is 0 Å². The molecule has 0 spiro atoms. The molecule has 2 heterocycles. The number of nitrogens with zero attached hydrogens (tertiary/aromatic N) is 2. The van der Waals surface area contributed by atoms with Gasteiger partial charge in [-0.3, -0.25) is 10.1 Å². The second-order valence-corrected chi connectivity index (χ2v) is 3.76. The van der Waals surface area contributed by atoms with Crippen molar-refractivity contribution in [3.05, 3.63) is 35.3 Å². The third kappa shape index (κ3) is 1.14. The van der Waals surface area contributed by atoms with E-state index in [1.54, 1.807) is 6.20 Å². The molecule has 0 radical (unpaired) electrons. The molecule has 0 unspecified atom stereocenters. The van der Waals surface area contributed by atoms with Gasteiger partial charge in [-0.05, 0) is 24.5 Å². The molecule has 0 atom stereocenters. The Kier molecular flexibility index (Phi) is 1.80. The van der Waals surface area contributed by atoms with Crippen LogP contribution in [0.4, 0.5) is 0 Å². The summed E-state index contributed by atoms with van der Waals surface area (Å²) in [6.45, 7) is 0. The van der Waals surface area contributed by atoms with E-state index in [-0.39, 0.29) is 5.69 Å². The largest absolute Gasteiger partial charge is 0.477 e. The van der Waals surface area contributed by atoms with E-state index in [2.05, 4.69) is 15.2 Å². The zero-order valence-corrected chi connectivity index (χ0v) is 8.40. The quantitative estimate of drug-likeness (QED) is 0.750. The SMILES string of the molecule is O=C(O)c1[nH]nc2c1CCc1cnccc1-2. The number of carboxylic acids is 1. The molecule has 2 N–H and O–H groups in total. The van der Waals surface area contributed by atoms with Crippen LogP contribution < -0.4 is 0 Å². The lowest BCUT2D eigenvalue weighted by Crippen LogP contribution is -2.07. The van der Waals surface area contributed by atoms with Crippen LogP contribution in [0.25, 0.3) is 11.3 Å². The van der Waals surface area contributed by atoms with E-state index in [4.69, 9.17) is 5.11 Å². The maximum atomic E-state index is 11.0. The van der Waals surface area contributed by atoms with E-state index in [0.717, 1.165) is 28.8 Å². The van der Waals surface area contributed by atoms with Crippen LogP contribution >= 0.6 is 0 Å². The molecule has 3 rings (SSSR count). The number of aromatic carboxylic acids is 1. The van der Waals surface area contributed by atoms with E-state index in [0.29, 0.717) is 6.42 Å².